The van der Waals surface area contributed by atoms with Crippen LogP contribution in [0.15, 0.2) is 36.4 Å². The summed E-state index contributed by atoms with van der Waals surface area (Å²) in [6, 6.07) is 12.7. The van der Waals surface area contributed by atoms with Crippen molar-refractivity contribution in [2.75, 3.05) is 0 Å². The Morgan fingerprint density at radius 3 is 2.41 bits per heavy atom. The first-order valence-corrected chi connectivity index (χ1v) is 9.88. The molecule has 27 heavy (non-hydrogen) atoms. The van der Waals surface area contributed by atoms with Gasteiger partial charge >= 0.3 is 11.9 Å². The summed E-state index contributed by atoms with van der Waals surface area (Å²) in [6.45, 7) is 2.80. The molecule has 0 N–H and O–H groups in total. The van der Waals surface area contributed by atoms with E-state index in [4.69, 9.17) is 9.47 Å². The van der Waals surface area contributed by atoms with Gasteiger partial charge in [0.1, 0.15) is 6.10 Å². The average Bonchev–Trinajstić information content (AvgIpc) is 3.14. The predicted molar refractivity (Wildman–Crippen MR) is 105 cm³/mol. The van der Waals surface area contributed by atoms with Gasteiger partial charge in [0, 0.05) is 40.3 Å². The smallest absolute Gasteiger partial charge is 0.303 e. The van der Waals surface area contributed by atoms with Crippen molar-refractivity contribution in [1.29, 1.82) is 0 Å². The first-order chi connectivity index (χ1) is 13.0. The highest BCUT2D eigenvalue weighted by Crippen LogP contribution is 2.57. The van der Waals surface area contributed by atoms with Crippen molar-refractivity contribution >= 4 is 34.0 Å². The SMILES string of the molecule is CC(=O)O[C@@H]1c2c(sc3c2-c2cccc4cccc-3c24)CC[C@H]1OC(C)=O. The molecule has 2 aliphatic carbocycles. The number of thiophene rings is 1. The predicted octanol–water partition coefficient (Wildman–Crippen LogP) is 5.03. The van der Waals surface area contributed by atoms with Gasteiger partial charge in [-0.25, -0.2) is 0 Å². The third-order valence-corrected chi connectivity index (χ3v) is 6.63. The van der Waals surface area contributed by atoms with Crippen LogP contribution in [0.1, 0.15) is 36.8 Å². The molecular weight excluding hydrogens is 360 g/mol. The van der Waals surface area contributed by atoms with Crippen LogP contribution in [0.2, 0.25) is 0 Å². The van der Waals surface area contributed by atoms with Crippen LogP contribution in [-0.2, 0) is 25.5 Å². The summed E-state index contributed by atoms with van der Waals surface area (Å²) in [7, 11) is 0. The molecular formula is C22H18O4S. The van der Waals surface area contributed by atoms with Crippen molar-refractivity contribution in [3.05, 3.63) is 46.8 Å². The molecule has 4 nitrogen and oxygen atoms in total. The van der Waals surface area contributed by atoms with Gasteiger partial charge in [-0.1, -0.05) is 36.4 Å². The van der Waals surface area contributed by atoms with Crippen molar-refractivity contribution in [2.24, 2.45) is 0 Å². The quantitative estimate of drug-likeness (QED) is 0.459. The molecule has 5 rings (SSSR count). The Morgan fingerprint density at radius 1 is 1.00 bits per heavy atom. The summed E-state index contributed by atoms with van der Waals surface area (Å²) in [6.07, 6.45) is 0.483. The fraction of sp³-hybridized carbons (Fsp3) is 0.273. The number of fused-ring (bicyclic) bond motifs is 5. The fourth-order valence-electron chi connectivity index (χ4n) is 4.43. The molecule has 0 saturated heterocycles. The molecule has 0 fully saturated rings. The highest BCUT2D eigenvalue weighted by atomic mass is 32.1. The van der Waals surface area contributed by atoms with Crippen LogP contribution in [0.25, 0.3) is 32.3 Å². The third-order valence-electron chi connectivity index (χ3n) is 5.33. The zero-order chi connectivity index (χ0) is 18.7. The van der Waals surface area contributed by atoms with E-state index in [1.54, 1.807) is 11.3 Å². The Hall–Kier alpha value is -2.66. The number of carbonyl (C=O) groups excluding carboxylic acids is 2. The van der Waals surface area contributed by atoms with E-state index in [1.807, 2.05) is 0 Å². The van der Waals surface area contributed by atoms with E-state index in [0.717, 1.165) is 17.5 Å². The second kappa shape index (κ2) is 5.92. The number of esters is 2. The number of rotatable bonds is 2. The van der Waals surface area contributed by atoms with Crippen LogP contribution in [0.5, 0.6) is 0 Å². The number of benzene rings is 2. The van der Waals surface area contributed by atoms with Crippen molar-refractivity contribution in [3.8, 4) is 21.6 Å². The molecule has 3 aromatic rings. The minimum absolute atomic E-state index is 0.349. The normalized spacial score (nSPS) is 19.5. The van der Waals surface area contributed by atoms with Gasteiger partial charge in [-0.05, 0) is 29.2 Å². The molecule has 2 aliphatic rings. The van der Waals surface area contributed by atoms with Crippen LogP contribution in [0.3, 0.4) is 0 Å². The highest BCUT2D eigenvalue weighted by Gasteiger charge is 2.41. The van der Waals surface area contributed by atoms with E-state index in [2.05, 4.69) is 36.4 Å². The highest BCUT2D eigenvalue weighted by molar-refractivity contribution is 7.16. The standard InChI is InChI=1S/C22H18O4S/c1-11(23)25-16-9-10-17-20(21(16)26-12(2)24)19-14-7-3-5-13-6-4-8-15(18(13)14)22(19)27-17/h3-8,16,21H,9-10H2,1-2H3/t16-,21+/m1/s1. The van der Waals surface area contributed by atoms with Gasteiger partial charge in [0.05, 0.1) is 0 Å². The number of hydrogen-bond acceptors (Lipinski definition) is 5. The van der Waals surface area contributed by atoms with Gasteiger partial charge in [0.2, 0.25) is 0 Å². The van der Waals surface area contributed by atoms with Crippen molar-refractivity contribution in [3.63, 3.8) is 0 Å². The molecule has 0 spiro atoms. The Morgan fingerprint density at radius 2 is 1.70 bits per heavy atom. The molecule has 1 aromatic heterocycles. The molecule has 2 aromatic carbocycles. The minimum atomic E-state index is -0.556. The van der Waals surface area contributed by atoms with Crippen molar-refractivity contribution < 1.29 is 19.1 Å². The van der Waals surface area contributed by atoms with Gasteiger partial charge in [0.15, 0.2) is 6.10 Å². The van der Waals surface area contributed by atoms with Crippen LogP contribution in [0, 0.1) is 0 Å². The molecule has 0 aliphatic heterocycles. The Bertz CT molecular complexity index is 1110. The summed E-state index contributed by atoms with van der Waals surface area (Å²) in [4.78, 5) is 25.9. The van der Waals surface area contributed by atoms with E-state index in [0.29, 0.717) is 6.42 Å². The van der Waals surface area contributed by atoms with Gasteiger partial charge in [-0.15, -0.1) is 11.3 Å². The van der Waals surface area contributed by atoms with Crippen LogP contribution < -0.4 is 0 Å². The number of aryl methyl sites for hydroxylation is 1. The maximum atomic E-state index is 11.8. The largest absolute Gasteiger partial charge is 0.458 e. The monoisotopic (exact) mass is 378 g/mol. The van der Waals surface area contributed by atoms with E-state index >= 15 is 0 Å². The average molecular weight is 378 g/mol. The summed E-state index contributed by atoms with van der Waals surface area (Å²) >= 11 is 1.77. The second-order valence-corrected chi connectivity index (χ2v) is 8.17. The molecule has 0 bridgehead atoms. The molecule has 136 valence electrons. The maximum absolute atomic E-state index is 11.8. The molecule has 5 heteroatoms. The third kappa shape index (κ3) is 2.42. The minimum Gasteiger partial charge on any atom is -0.458 e. The number of ether oxygens (including phenoxy) is 2. The second-order valence-electron chi connectivity index (χ2n) is 7.07. The lowest BCUT2D eigenvalue weighted by molar-refractivity contribution is -0.167. The van der Waals surface area contributed by atoms with Gasteiger partial charge in [-0.3, -0.25) is 9.59 Å². The molecule has 2 atom stereocenters. The first-order valence-electron chi connectivity index (χ1n) is 9.07. The summed E-state index contributed by atoms with van der Waals surface area (Å²) in [5.41, 5.74) is 4.58. The lowest BCUT2D eigenvalue weighted by Crippen LogP contribution is -2.32. The summed E-state index contributed by atoms with van der Waals surface area (Å²) < 4.78 is 11.2. The lowest BCUT2D eigenvalue weighted by atomic mass is 9.88. The van der Waals surface area contributed by atoms with Crippen LogP contribution in [-0.4, -0.2) is 18.0 Å². The zero-order valence-electron chi connectivity index (χ0n) is 15.1. The van der Waals surface area contributed by atoms with Crippen LogP contribution >= 0.6 is 11.3 Å². The molecule has 0 unspecified atom stereocenters. The van der Waals surface area contributed by atoms with Crippen molar-refractivity contribution in [2.45, 2.75) is 38.9 Å². The summed E-state index contributed by atoms with van der Waals surface area (Å²) in [5.74, 6) is -0.712. The van der Waals surface area contributed by atoms with Gasteiger partial charge in [-0.2, -0.15) is 0 Å². The van der Waals surface area contributed by atoms with Crippen molar-refractivity contribution in [1.82, 2.24) is 0 Å². The Kier molecular flexibility index (Phi) is 3.62. The molecule has 1 heterocycles. The molecule has 0 radical (unpaired) electrons. The maximum Gasteiger partial charge on any atom is 0.303 e. The Balaban J connectivity index is 1.74. The van der Waals surface area contributed by atoms with Crippen LogP contribution in [0.4, 0.5) is 0 Å². The molecule has 0 amide bonds. The number of carbonyl (C=O) groups is 2. The van der Waals surface area contributed by atoms with E-state index in [1.165, 1.54) is 45.5 Å². The topological polar surface area (TPSA) is 52.6 Å². The number of hydrogen-bond donors (Lipinski definition) is 0. The lowest BCUT2D eigenvalue weighted by Gasteiger charge is -2.31. The summed E-state index contributed by atoms with van der Waals surface area (Å²) in [5, 5.41) is 2.46. The Labute approximate surface area is 160 Å². The zero-order valence-corrected chi connectivity index (χ0v) is 15.9. The molecule has 0 saturated carbocycles. The van der Waals surface area contributed by atoms with E-state index in [9.17, 15) is 9.59 Å². The first kappa shape index (κ1) is 16.5. The van der Waals surface area contributed by atoms with Gasteiger partial charge in [0.25, 0.3) is 0 Å². The van der Waals surface area contributed by atoms with Gasteiger partial charge < -0.3 is 9.47 Å². The van der Waals surface area contributed by atoms with E-state index < -0.39 is 12.2 Å². The van der Waals surface area contributed by atoms with E-state index in [-0.39, 0.29) is 11.9 Å². The fourth-order valence-corrected chi connectivity index (χ4v) is 5.83.